The second-order valence-electron chi connectivity index (χ2n) is 5.56. The van der Waals surface area contributed by atoms with Crippen molar-refractivity contribution in [1.82, 2.24) is 10.0 Å². The van der Waals surface area contributed by atoms with Crippen LogP contribution in [0.1, 0.15) is 11.1 Å². The molecule has 0 unspecified atom stereocenters. The third kappa shape index (κ3) is 5.78. The standard InChI is InChI=1S/C17H14ClF3N2O4S/c18-14-7-6-11(8-13(14)17(19,20)21)9-22-16(25)15(24)10-23-28(26,27)12-4-2-1-3-5-12/h1-8,23H,9-10H2,(H,22,25). The van der Waals surface area contributed by atoms with Crippen molar-refractivity contribution in [2.75, 3.05) is 6.54 Å². The molecule has 0 aromatic heterocycles. The van der Waals surface area contributed by atoms with E-state index in [1.165, 1.54) is 30.3 Å². The SMILES string of the molecule is O=C(CNS(=O)(=O)c1ccccc1)C(=O)NCc1ccc(Cl)c(C(F)(F)F)c1. The van der Waals surface area contributed by atoms with Gasteiger partial charge in [0.1, 0.15) is 0 Å². The predicted octanol–water partition coefficient (Wildman–Crippen LogP) is 2.52. The van der Waals surface area contributed by atoms with Gasteiger partial charge >= 0.3 is 6.18 Å². The molecule has 0 radical (unpaired) electrons. The normalized spacial score (nSPS) is 11.9. The van der Waals surface area contributed by atoms with Crippen molar-refractivity contribution in [1.29, 1.82) is 0 Å². The highest BCUT2D eigenvalue weighted by molar-refractivity contribution is 7.89. The van der Waals surface area contributed by atoms with Crippen LogP contribution in [0, 0.1) is 0 Å². The Balaban J connectivity index is 1.94. The third-order valence-electron chi connectivity index (χ3n) is 3.52. The molecule has 0 bridgehead atoms. The molecule has 0 aliphatic carbocycles. The second kappa shape index (κ2) is 8.72. The van der Waals surface area contributed by atoms with Gasteiger partial charge in [0.25, 0.3) is 5.91 Å². The minimum Gasteiger partial charge on any atom is -0.345 e. The maximum atomic E-state index is 12.8. The van der Waals surface area contributed by atoms with Crippen molar-refractivity contribution in [3.63, 3.8) is 0 Å². The van der Waals surface area contributed by atoms with Crippen LogP contribution < -0.4 is 10.0 Å². The average molecular weight is 435 g/mol. The Morgan fingerprint density at radius 3 is 2.29 bits per heavy atom. The van der Waals surface area contributed by atoms with Crippen molar-refractivity contribution in [2.45, 2.75) is 17.6 Å². The molecule has 0 heterocycles. The first-order valence-corrected chi connectivity index (χ1v) is 9.58. The van der Waals surface area contributed by atoms with Crippen LogP contribution >= 0.6 is 11.6 Å². The molecule has 28 heavy (non-hydrogen) atoms. The molecule has 0 saturated carbocycles. The number of nitrogens with one attached hydrogen (secondary N) is 2. The summed E-state index contributed by atoms with van der Waals surface area (Å²) < 4.78 is 64.4. The monoisotopic (exact) mass is 434 g/mol. The molecular formula is C17H14ClF3N2O4S. The summed E-state index contributed by atoms with van der Waals surface area (Å²) in [5.74, 6) is -2.23. The molecule has 2 aromatic carbocycles. The summed E-state index contributed by atoms with van der Waals surface area (Å²) >= 11 is 5.50. The number of benzene rings is 2. The number of sulfonamides is 1. The Labute approximate surface area is 163 Å². The van der Waals surface area contributed by atoms with Crippen molar-refractivity contribution in [3.05, 3.63) is 64.7 Å². The maximum Gasteiger partial charge on any atom is 0.417 e. The number of amides is 1. The Morgan fingerprint density at radius 1 is 1.04 bits per heavy atom. The lowest BCUT2D eigenvalue weighted by Gasteiger charge is -2.11. The highest BCUT2D eigenvalue weighted by Crippen LogP contribution is 2.35. The smallest absolute Gasteiger partial charge is 0.345 e. The summed E-state index contributed by atoms with van der Waals surface area (Å²) in [7, 11) is -3.97. The highest BCUT2D eigenvalue weighted by Gasteiger charge is 2.33. The van der Waals surface area contributed by atoms with E-state index in [9.17, 15) is 31.2 Å². The summed E-state index contributed by atoms with van der Waals surface area (Å²) in [5.41, 5.74) is -0.995. The van der Waals surface area contributed by atoms with Crippen molar-refractivity contribution in [3.8, 4) is 0 Å². The Kier molecular flexibility index (Phi) is 6.81. The first kappa shape index (κ1) is 21.9. The van der Waals surface area contributed by atoms with Crippen molar-refractivity contribution < 1.29 is 31.2 Å². The summed E-state index contributed by atoms with van der Waals surface area (Å²) in [5, 5.41) is 1.65. The number of carbonyl (C=O) groups is 2. The number of carbonyl (C=O) groups excluding carboxylic acids is 2. The minimum atomic E-state index is -4.66. The van der Waals surface area contributed by atoms with Crippen LogP contribution in [-0.2, 0) is 32.3 Å². The molecule has 0 aliphatic rings. The summed E-state index contributed by atoms with van der Waals surface area (Å²) in [4.78, 5) is 23.5. The van der Waals surface area contributed by atoms with E-state index in [1.54, 1.807) is 6.07 Å². The number of halogens is 4. The Bertz CT molecular complexity index is 980. The lowest BCUT2D eigenvalue weighted by molar-refractivity contribution is -0.137. The molecule has 11 heteroatoms. The van der Waals surface area contributed by atoms with Crippen LogP contribution in [0.3, 0.4) is 0 Å². The Hall–Kier alpha value is -2.43. The molecule has 2 N–H and O–H groups in total. The lowest BCUT2D eigenvalue weighted by Crippen LogP contribution is -2.39. The van der Waals surface area contributed by atoms with Gasteiger partial charge in [-0.05, 0) is 29.8 Å². The van der Waals surface area contributed by atoms with Gasteiger partial charge in [0.2, 0.25) is 15.8 Å². The molecule has 2 rings (SSSR count). The first-order chi connectivity index (χ1) is 13.0. The van der Waals surface area contributed by atoms with Crippen LogP contribution in [0.2, 0.25) is 5.02 Å². The van der Waals surface area contributed by atoms with Gasteiger partial charge in [0, 0.05) is 6.54 Å². The van der Waals surface area contributed by atoms with E-state index >= 15 is 0 Å². The van der Waals surface area contributed by atoms with Crippen LogP contribution in [0.5, 0.6) is 0 Å². The van der Waals surface area contributed by atoms with E-state index in [0.29, 0.717) is 0 Å². The van der Waals surface area contributed by atoms with Crippen molar-refractivity contribution in [2.24, 2.45) is 0 Å². The number of alkyl halides is 3. The van der Waals surface area contributed by atoms with Crippen LogP contribution in [0.15, 0.2) is 53.4 Å². The molecule has 150 valence electrons. The molecule has 0 spiro atoms. The van der Waals surface area contributed by atoms with E-state index in [-0.39, 0.29) is 17.0 Å². The molecule has 6 nitrogen and oxygen atoms in total. The number of hydrogen-bond acceptors (Lipinski definition) is 4. The van der Waals surface area contributed by atoms with Gasteiger partial charge in [-0.25, -0.2) is 13.1 Å². The zero-order chi connectivity index (χ0) is 20.9. The number of rotatable bonds is 7. The summed E-state index contributed by atoms with van der Waals surface area (Å²) in [6.07, 6.45) is -4.66. The topological polar surface area (TPSA) is 92.3 Å². The van der Waals surface area contributed by atoms with Gasteiger partial charge in [-0.15, -0.1) is 0 Å². The third-order valence-corrected chi connectivity index (χ3v) is 5.27. The maximum absolute atomic E-state index is 12.8. The van der Waals surface area contributed by atoms with Crippen LogP contribution in [-0.4, -0.2) is 26.7 Å². The van der Waals surface area contributed by atoms with E-state index in [4.69, 9.17) is 11.6 Å². The van der Waals surface area contributed by atoms with E-state index in [2.05, 4.69) is 5.32 Å². The molecule has 2 aromatic rings. The first-order valence-electron chi connectivity index (χ1n) is 7.72. The van der Waals surface area contributed by atoms with Crippen molar-refractivity contribution >= 4 is 33.3 Å². The lowest BCUT2D eigenvalue weighted by atomic mass is 10.1. The number of Topliss-reactive ketones (excluding diaryl/α,β-unsaturated/α-hetero) is 1. The van der Waals surface area contributed by atoms with Gasteiger partial charge in [0.05, 0.1) is 22.0 Å². The minimum absolute atomic E-state index is 0.0720. The predicted molar refractivity (Wildman–Crippen MR) is 94.9 cm³/mol. The van der Waals surface area contributed by atoms with Crippen LogP contribution in [0.4, 0.5) is 13.2 Å². The average Bonchev–Trinajstić information content (AvgIpc) is 2.65. The van der Waals surface area contributed by atoms with E-state index in [1.807, 2.05) is 4.72 Å². The van der Waals surface area contributed by atoms with Gasteiger partial charge in [0.15, 0.2) is 0 Å². The number of ketones is 1. The van der Waals surface area contributed by atoms with E-state index in [0.717, 1.165) is 12.1 Å². The fraction of sp³-hybridized carbons (Fsp3) is 0.176. The highest BCUT2D eigenvalue weighted by atomic mass is 35.5. The van der Waals surface area contributed by atoms with Gasteiger partial charge < -0.3 is 5.32 Å². The van der Waals surface area contributed by atoms with Crippen LogP contribution in [0.25, 0.3) is 0 Å². The molecule has 0 aliphatic heterocycles. The largest absolute Gasteiger partial charge is 0.417 e. The molecule has 0 atom stereocenters. The van der Waals surface area contributed by atoms with Gasteiger partial charge in [-0.1, -0.05) is 35.9 Å². The zero-order valence-corrected chi connectivity index (χ0v) is 15.7. The molecule has 0 fully saturated rings. The summed E-state index contributed by atoms with van der Waals surface area (Å²) in [6.45, 7) is -1.16. The van der Waals surface area contributed by atoms with Gasteiger partial charge in [-0.3, -0.25) is 9.59 Å². The van der Waals surface area contributed by atoms with Gasteiger partial charge in [-0.2, -0.15) is 13.2 Å². The quantitative estimate of drug-likeness (QED) is 0.655. The fourth-order valence-electron chi connectivity index (χ4n) is 2.10. The van der Waals surface area contributed by atoms with E-state index < -0.39 is 45.0 Å². The zero-order valence-electron chi connectivity index (χ0n) is 14.1. The second-order valence-corrected chi connectivity index (χ2v) is 7.73. The molecule has 0 saturated heterocycles. The summed E-state index contributed by atoms with van der Waals surface area (Å²) in [6, 6.07) is 10.3. The molecular weight excluding hydrogens is 421 g/mol. The fourth-order valence-corrected chi connectivity index (χ4v) is 3.33. The number of hydrogen-bond donors (Lipinski definition) is 2. The molecule has 1 amide bonds. The Morgan fingerprint density at radius 2 is 1.68 bits per heavy atom.